The number of halogens is 7. The van der Waals surface area contributed by atoms with Crippen molar-refractivity contribution >= 4 is 17.4 Å². The highest BCUT2D eigenvalue weighted by Crippen LogP contribution is 2.39. The molecule has 5 aromatic rings. The Hall–Kier alpha value is -4.60. The van der Waals surface area contributed by atoms with E-state index in [-0.39, 0.29) is 57.0 Å². The number of ketones is 1. The van der Waals surface area contributed by atoms with Crippen LogP contribution in [-0.2, 0) is 34.8 Å². The number of aromatic nitrogens is 5. The van der Waals surface area contributed by atoms with E-state index in [1.807, 2.05) is 0 Å². The van der Waals surface area contributed by atoms with Crippen molar-refractivity contribution < 1.29 is 45.1 Å². The number of hydrogen-bond donors (Lipinski definition) is 0. The molecule has 0 aliphatic heterocycles. The number of pyridine rings is 1. The molecule has 3 aromatic heterocycles. The van der Waals surface area contributed by atoms with Crippen LogP contribution in [0.4, 0.5) is 26.3 Å². The van der Waals surface area contributed by atoms with E-state index in [2.05, 4.69) is 20.5 Å². The van der Waals surface area contributed by atoms with Gasteiger partial charge in [-0.25, -0.2) is 4.68 Å². The molecule has 9 nitrogen and oxygen atoms in total. The monoisotopic (exact) mass is 665 g/mol. The predicted octanol–water partition coefficient (Wildman–Crippen LogP) is 7.13. The zero-order chi connectivity index (χ0) is 33.2. The summed E-state index contributed by atoms with van der Waals surface area (Å²) in [5, 5.41) is 12.4. The summed E-state index contributed by atoms with van der Waals surface area (Å²) in [6, 6.07) is 10.5. The Morgan fingerprint density at radius 3 is 2.17 bits per heavy atom. The van der Waals surface area contributed by atoms with E-state index in [1.54, 1.807) is 12.1 Å². The Kier molecular flexibility index (Phi) is 9.28. The fraction of sp³-hybridized carbons (Fsp3) is 0.233. The van der Waals surface area contributed by atoms with E-state index in [1.165, 1.54) is 50.9 Å². The lowest BCUT2D eigenvalue weighted by molar-refractivity contribution is -0.143. The van der Waals surface area contributed by atoms with Crippen molar-refractivity contribution in [2.24, 2.45) is 0 Å². The number of carbonyl (C=O) groups excluding carboxylic acids is 1. The Morgan fingerprint density at radius 2 is 1.59 bits per heavy atom. The molecule has 0 spiro atoms. The van der Waals surface area contributed by atoms with Crippen LogP contribution < -0.4 is 0 Å². The second kappa shape index (κ2) is 13.0. The summed E-state index contributed by atoms with van der Waals surface area (Å²) in [5.74, 6) is -0.783. The fourth-order valence-electron chi connectivity index (χ4n) is 4.71. The highest BCUT2D eigenvalue weighted by molar-refractivity contribution is 6.35. The first kappa shape index (κ1) is 32.8. The normalized spacial score (nSPS) is 12.2. The molecule has 0 radical (unpaired) electrons. The van der Waals surface area contributed by atoms with Gasteiger partial charge in [0.15, 0.2) is 17.8 Å². The summed E-state index contributed by atoms with van der Waals surface area (Å²) in [4.78, 5) is 17.9. The second-order valence-electron chi connectivity index (χ2n) is 9.84. The number of alkyl halides is 6. The molecule has 16 heteroatoms. The van der Waals surface area contributed by atoms with Gasteiger partial charge in [0.25, 0.3) is 0 Å². The number of nitrogens with zero attached hydrogens (tertiary/aromatic N) is 5. The molecule has 240 valence electrons. The third-order valence-electron chi connectivity index (χ3n) is 6.88. The molecule has 0 amide bonds. The molecule has 0 fully saturated rings. The van der Waals surface area contributed by atoms with Gasteiger partial charge in [0, 0.05) is 44.2 Å². The van der Waals surface area contributed by atoms with Crippen LogP contribution >= 0.6 is 11.6 Å². The SMILES string of the molecule is COC(Cc1noc(-c2nnn(Cc3cc(C(F)(F)F)cc(C(F)(F)F)c3)c2-c2ccncc2)c1C(=O)c1ccccc1Cl)OC. The molecular formula is C30H22ClF6N5O4. The molecule has 0 atom stereocenters. The van der Waals surface area contributed by atoms with E-state index >= 15 is 0 Å². The number of hydrogen-bond acceptors (Lipinski definition) is 8. The van der Waals surface area contributed by atoms with Crippen molar-refractivity contribution in [1.29, 1.82) is 0 Å². The third-order valence-corrected chi connectivity index (χ3v) is 7.21. The van der Waals surface area contributed by atoms with Gasteiger partial charge in [0.1, 0.15) is 11.4 Å². The molecule has 0 aliphatic rings. The third kappa shape index (κ3) is 6.80. The summed E-state index contributed by atoms with van der Waals surface area (Å²) in [5.41, 5.74) is -2.81. The van der Waals surface area contributed by atoms with Gasteiger partial charge in [-0.2, -0.15) is 26.3 Å². The maximum Gasteiger partial charge on any atom is 0.416 e. The van der Waals surface area contributed by atoms with Gasteiger partial charge in [-0.05, 0) is 48.0 Å². The van der Waals surface area contributed by atoms with Gasteiger partial charge in [0.05, 0.1) is 28.3 Å². The number of carbonyl (C=O) groups is 1. The smallest absolute Gasteiger partial charge is 0.356 e. The van der Waals surface area contributed by atoms with Crippen LogP contribution in [0.1, 0.15) is 38.3 Å². The van der Waals surface area contributed by atoms with Crippen molar-refractivity contribution in [2.75, 3.05) is 14.2 Å². The first-order valence-electron chi connectivity index (χ1n) is 13.3. The molecule has 0 N–H and O–H groups in total. The lowest BCUT2D eigenvalue weighted by atomic mass is 9.97. The summed E-state index contributed by atoms with van der Waals surface area (Å²) in [6.07, 6.45) is -8.17. The van der Waals surface area contributed by atoms with Gasteiger partial charge in [0.2, 0.25) is 5.76 Å². The van der Waals surface area contributed by atoms with Gasteiger partial charge in [-0.3, -0.25) is 9.78 Å². The number of benzene rings is 2. The Balaban J connectivity index is 1.70. The summed E-state index contributed by atoms with van der Waals surface area (Å²) >= 11 is 6.34. The molecule has 3 heterocycles. The Bertz CT molecular complexity index is 1820. The minimum absolute atomic E-state index is 0.0377. The summed E-state index contributed by atoms with van der Waals surface area (Å²) in [7, 11) is 2.77. The molecule has 0 bridgehead atoms. The molecule has 0 saturated carbocycles. The van der Waals surface area contributed by atoms with E-state index in [9.17, 15) is 31.1 Å². The second-order valence-corrected chi connectivity index (χ2v) is 10.2. The van der Waals surface area contributed by atoms with Gasteiger partial charge >= 0.3 is 12.4 Å². The van der Waals surface area contributed by atoms with Gasteiger partial charge < -0.3 is 14.0 Å². The zero-order valence-corrected chi connectivity index (χ0v) is 24.6. The van der Waals surface area contributed by atoms with Crippen LogP contribution in [-0.4, -0.2) is 51.4 Å². The minimum Gasteiger partial charge on any atom is -0.356 e. The maximum atomic E-state index is 14.0. The first-order chi connectivity index (χ1) is 21.8. The largest absolute Gasteiger partial charge is 0.416 e. The average molecular weight is 666 g/mol. The number of ether oxygens (including phenoxy) is 2. The quantitative estimate of drug-likeness (QED) is 0.0882. The van der Waals surface area contributed by atoms with Crippen molar-refractivity contribution in [1.82, 2.24) is 25.1 Å². The van der Waals surface area contributed by atoms with E-state index in [0.717, 1.165) is 4.68 Å². The van der Waals surface area contributed by atoms with Crippen molar-refractivity contribution in [3.8, 4) is 22.7 Å². The highest BCUT2D eigenvalue weighted by atomic mass is 35.5. The standard InChI is InChI=1S/C30H22ClF6N5O4/c1-44-23(45-2)14-22-24(27(43)20-5-3-4-6-21(20)31)28(46-40-22)25-26(17-7-9-38-10-8-17)42(41-39-25)15-16-11-18(29(32,33)34)13-19(12-16)30(35,36)37/h3-13,23H,14-15H2,1-2H3. The maximum absolute atomic E-state index is 14.0. The molecule has 5 rings (SSSR count). The number of rotatable bonds is 10. The van der Waals surface area contributed by atoms with Crippen LogP contribution in [0.3, 0.4) is 0 Å². The highest BCUT2D eigenvalue weighted by Gasteiger charge is 2.37. The van der Waals surface area contributed by atoms with Crippen molar-refractivity contribution in [2.45, 2.75) is 31.6 Å². The molecule has 46 heavy (non-hydrogen) atoms. The first-order valence-corrected chi connectivity index (χ1v) is 13.7. The molecule has 0 saturated heterocycles. The fourth-order valence-corrected chi connectivity index (χ4v) is 4.94. The van der Waals surface area contributed by atoms with Crippen LogP contribution in [0, 0.1) is 0 Å². The lowest BCUT2D eigenvalue weighted by Gasteiger charge is -2.15. The summed E-state index contributed by atoms with van der Waals surface area (Å²) in [6.45, 7) is -0.568. The lowest BCUT2D eigenvalue weighted by Crippen LogP contribution is -2.18. The predicted molar refractivity (Wildman–Crippen MR) is 151 cm³/mol. The van der Waals surface area contributed by atoms with E-state index in [4.69, 9.17) is 25.6 Å². The van der Waals surface area contributed by atoms with Crippen LogP contribution in [0.5, 0.6) is 0 Å². The van der Waals surface area contributed by atoms with Crippen molar-refractivity contribution in [3.05, 3.63) is 106 Å². The molecule has 0 unspecified atom stereocenters. The molecular weight excluding hydrogens is 644 g/mol. The Labute approximate surface area is 261 Å². The van der Waals surface area contributed by atoms with E-state index in [0.29, 0.717) is 17.7 Å². The van der Waals surface area contributed by atoms with Crippen LogP contribution in [0.25, 0.3) is 22.7 Å². The van der Waals surface area contributed by atoms with Gasteiger partial charge in [-0.15, -0.1) is 5.10 Å². The van der Waals surface area contributed by atoms with Crippen molar-refractivity contribution in [3.63, 3.8) is 0 Å². The molecule has 0 aliphatic carbocycles. The summed E-state index contributed by atoms with van der Waals surface area (Å²) < 4.78 is 98.8. The zero-order valence-electron chi connectivity index (χ0n) is 23.9. The van der Waals surface area contributed by atoms with E-state index < -0.39 is 42.1 Å². The van der Waals surface area contributed by atoms with Gasteiger partial charge in [-0.1, -0.05) is 34.1 Å². The van der Waals surface area contributed by atoms with Crippen LogP contribution in [0.2, 0.25) is 5.02 Å². The number of methoxy groups -OCH3 is 2. The molecule has 2 aromatic carbocycles. The van der Waals surface area contributed by atoms with Crippen LogP contribution in [0.15, 0.2) is 71.5 Å². The topological polar surface area (TPSA) is 105 Å². The minimum atomic E-state index is -5.05. The Morgan fingerprint density at radius 1 is 0.957 bits per heavy atom. The average Bonchev–Trinajstić information content (AvgIpc) is 3.63.